The summed E-state index contributed by atoms with van der Waals surface area (Å²) in [6, 6.07) is 0.745. The van der Waals surface area contributed by atoms with Gasteiger partial charge in [0.1, 0.15) is 0 Å². The second kappa shape index (κ2) is 6.93. The molecule has 18 heavy (non-hydrogen) atoms. The Hall–Kier alpha value is -0.830. The highest BCUT2D eigenvalue weighted by atomic mass is 15.2. The molecule has 3 nitrogen and oxygen atoms in total. The van der Waals surface area contributed by atoms with Crippen LogP contribution in [0.2, 0.25) is 0 Å². The first kappa shape index (κ1) is 13.6. The predicted octanol–water partition coefficient (Wildman–Crippen LogP) is 2.91. The molecule has 1 atom stereocenters. The van der Waals surface area contributed by atoms with Crippen LogP contribution in [0.25, 0.3) is 0 Å². The topological polar surface area (TPSA) is 29.9 Å². The lowest BCUT2D eigenvalue weighted by Gasteiger charge is -2.24. The van der Waals surface area contributed by atoms with Crippen molar-refractivity contribution in [2.75, 3.05) is 6.54 Å². The maximum Gasteiger partial charge on any atom is 0.0521 e. The Morgan fingerprint density at radius 1 is 1.44 bits per heavy atom. The van der Waals surface area contributed by atoms with Crippen LogP contribution in [-0.2, 0) is 13.5 Å². The van der Waals surface area contributed by atoms with E-state index in [-0.39, 0.29) is 0 Å². The van der Waals surface area contributed by atoms with Gasteiger partial charge in [-0.3, -0.25) is 4.68 Å². The van der Waals surface area contributed by atoms with Gasteiger partial charge in [-0.1, -0.05) is 19.8 Å². The first-order chi connectivity index (χ1) is 8.79. The van der Waals surface area contributed by atoms with Crippen LogP contribution in [0.4, 0.5) is 0 Å². The van der Waals surface area contributed by atoms with Crippen molar-refractivity contribution in [3.05, 3.63) is 18.0 Å². The maximum absolute atomic E-state index is 4.23. The second-order valence-corrected chi connectivity index (χ2v) is 5.62. The molecule has 1 aliphatic rings. The van der Waals surface area contributed by atoms with E-state index in [1.165, 1.54) is 50.5 Å². The highest BCUT2D eigenvalue weighted by Gasteiger charge is 2.23. The van der Waals surface area contributed by atoms with Gasteiger partial charge in [0.25, 0.3) is 0 Å². The van der Waals surface area contributed by atoms with Gasteiger partial charge < -0.3 is 5.32 Å². The molecule has 0 aromatic carbocycles. The fourth-order valence-corrected chi connectivity index (χ4v) is 3.25. The molecule has 0 amide bonds. The van der Waals surface area contributed by atoms with Gasteiger partial charge in [-0.25, -0.2) is 0 Å². The molecular weight excluding hydrogens is 222 g/mol. The van der Waals surface area contributed by atoms with Crippen LogP contribution in [0.1, 0.15) is 51.0 Å². The average molecular weight is 249 g/mol. The molecule has 3 heteroatoms. The third-order valence-corrected chi connectivity index (χ3v) is 4.17. The van der Waals surface area contributed by atoms with Crippen molar-refractivity contribution in [1.82, 2.24) is 15.1 Å². The highest BCUT2D eigenvalue weighted by Crippen LogP contribution is 2.29. The standard InChI is InChI=1S/C15H27N3/c1-3-16-15(14-8-4-5-9-14)10-6-7-13-11-17-18(2)12-13/h11-12,14-16H,3-10H2,1-2H3. The molecule has 102 valence electrons. The fraction of sp³-hybridized carbons (Fsp3) is 0.800. The zero-order valence-electron chi connectivity index (χ0n) is 11.9. The summed E-state index contributed by atoms with van der Waals surface area (Å²) in [5.41, 5.74) is 1.37. The van der Waals surface area contributed by atoms with Crippen LogP contribution >= 0.6 is 0 Å². The minimum atomic E-state index is 0.745. The molecule has 0 spiro atoms. The summed E-state index contributed by atoms with van der Waals surface area (Å²) in [6.45, 7) is 3.33. The van der Waals surface area contributed by atoms with E-state index in [4.69, 9.17) is 0 Å². The Labute approximate surface area is 111 Å². The molecule has 0 radical (unpaired) electrons. The lowest BCUT2D eigenvalue weighted by Crippen LogP contribution is -2.35. The van der Waals surface area contributed by atoms with Crippen LogP contribution < -0.4 is 5.32 Å². The van der Waals surface area contributed by atoms with Crippen LogP contribution in [0.3, 0.4) is 0 Å². The average Bonchev–Trinajstić information content (AvgIpc) is 2.99. The number of nitrogens with zero attached hydrogens (tertiary/aromatic N) is 2. The van der Waals surface area contributed by atoms with Gasteiger partial charge in [0.2, 0.25) is 0 Å². The molecule has 1 fully saturated rings. The predicted molar refractivity (Wildman–Crippen MR) is 75.6 cm³/mol. The van der Waals surface area contributed by atoms with Crippen molar-refractivity contribution in [2.45, 2.75) is 57.9 Å². The van der Waals surface area contributed by atoms with E-state index < -0.39 is 0 Å². The van der Waals surface area contributed by atoms with Crippen molar-refractivity contribution in [2.24, 2.45) is 13.0 Å². The third kappa shape index (κ3) is 3.84. The van der Waals surface area contributed by atoms with Gasteiger partial charge in [0.15, 0.2) is 0 Å². The van der Waals surface area contributed by atoms with Crippen LogP contribution in [0.15, 0.2) is 12.4 Å². The molecule has 1 unspecified atom stereocenters. The molecule has 1 saturated carbocycles. The van der Waals surface area contributed by atoms with Gasteiger partial charge >= 0.3 is 0 Å². The number of rotatable bonds is 7. The number of aromatic nitrogens is 2. The number of hydrogen-bond acceptors (Lipinski definition) is 2. The smallest absolute Gasteiger partial charge is 0.0521 e. The first-order valence-electron chi connectivity index (χ1n) is 7.50. The van der Waals surface area contributed by atoms with Crippen LogP contribution in [-0.4, -0.2) is 22.4 Å². The van der Waals surface area contributed by atoms with Crippen LogP contribution in [0.5, 0.6) is 0 Å². The fourth-order valence-electron chi connectivity index (χ4n) is 3.25. The summed E-state index contributed by atoms with van der Waals surface area (Å²) >= 11 is 0. The molecule has 1 aromatic heterocycles. The van der Waals surface area contributed by atoms with Crippen molar-refractivity contribution < 1.29 is 0 Å². The Balaban J connectivity index is 1.74. The quantitative estimate of drug-likeness (QED) is 0.805. The van der Waals surface area contributed by atoms with E-state index in [1.807, 2.05) is 17.9 Å². The molecule has 1 aliphatic carbocycles. The summed E-state index contributed by atoms with van der Waals surface area (Å²) < 4.78 is 1.90. The van der Waals surface area contributed by atoms with Crippen molar-refractivity contribution in [3.8, 4) is 0 Å². The lowest BCUT2D eigenvalue weighted by molar-refractivity contribution is 0.340. The number of nitrogens with one attached hydrogen (secondary N) is 1. The summed E-state index contributed by atoms with van der Waals surface area (Å²) in [6.07, 6.45) is 13.6. The summed E-state index contributed by atoms with van der Waals surface area (Å²) in [4.78, 5) is 0. The minimum absolute atomic E-state index is 0.745. The van der Waals surface area contributed by atoms with E-state index in [1.54, 1.807) is 0 Å². The molecule has 0 saturated heterocycles. The van der Waals surface area contributed by atoms with E-state index in [2.05, 4.69) is 23.5 Å². The summed E-state index contributed by atoms with van der Waals surface area (Å²) in [7, 11) is 1.99. The Morgan fingerprint density at radius 3 is 2.83 bits per heavy atom. The number of hydrogen-bond donors (Lipinski definition) is 1. The Kier molecular flexibility index (Phi) is 5.24. The largest absolute Gasteiger partial charge is 0.314 e. The Morgan fingerprint density at radius 2 is 2.22 bits per heavy atom. The Bertz CT molecular complexity index is 339. The third-order valence-electron chi connectivity index (χ3n) is 4.17. The molecule has 1 heterocycles. The molecule has 0 bridgehead atoms. The summed E-state index contributed by atoms with van der Waals surface area (Å²) in [5.74, 6) is 0.929. The normalized spacial score (nSPS) is 18.3. The molecular formula is C15H27N3. The zero-order valence-corrected chi connectivity index (χ0v) is 11.9. The molecule has 0 aliphatic heterocycles. The van der Waals surface area contributed by atoms with Gasteiger partial charge in [-0.2, -0.15) is 5.10 Å². The maximum atomic E-state index is 4.23. The zero-order chi connectivity index (χ0) is 12.8. The molecule has 2 rings (SSSR count). The highest BCUT2D eigenvalue weighted by molar-refractivity contribution is 5.03. The van der Waals surface area contributed by atoms with E-state index in [0.717, 1.165) is 18.5 Å². The van der Waals surface area contributed by atoms with Crippen molar-refractivity contribution in [1.29, 1.82) is 0 Å². The van der Waals surface area contributed by atoms with Crippen molar-refractivity contribution in [3.63, 3.8) is 0 Å². The summed E-state index contributed by atoms with van der Waals surface area (Å²) in [5, 5.41) is 7.92. The van der Waals surface area contributed by atoms with Gasteiger partial charge in [0, 0.05) is 19.3 Å². The van der Waals surface area contributed by atoms with Gasteiger partial charge in [0.05, 0.1) is 6.20 Å². The van der Waals surface area contributed by atoms with E-state index in [9.17, 15) is 0 Å². The minimum Gasteiger partial charge on any atom is -0.314 e. The monoisotopic (exact) mass is 249 g/mol. The van der Waals surface area contributed by atoms with Crippen molar-refractivity contribution >= 4 is 0 Å². The van der Waals surface area contributed by atoms with Gasteiger partial charge in [-0.15, -0.1) is 0 Å². The van der Waals surface area contributed by atoms with Gasteiger partial charge in [-0.05, 0) is 50.1 Å². The second-order valence-electron chi connectivity index (χ2n) is 5.62. The first-order valence-corrected chi connectivity index (χ1v) is 7.50. The van der Waals surface area contributed by atoms with Crippen LogP contribution in [0, 0.1) is 5.92 Å². The van der Waals surface area contributed by atoms with E-state index >= 15 is 0 Å². The molecule has 1 aromatic rings. The molecule has 1 N–H and O–H groups in total. The number of aryl methyl sites for hydroxylation is 2. The lowest BCUT2D eigenvalue weighted by atomic mass is 9.93. The SMILES string of the molecule is CCNC(CCCc1cnn(C)c1)C1CCCC1. The van der Waals surface area contributed by atoms with E-state index in [0.29, 0.717) is 0 Å².